The maximum Gasteiger partial charge on any atom is 0.0585 e. The highest BCUT2D eigenvalue weighted by Gasteiger charge is 2.00. The van der Waals surface area contributed by atoms with Crippen LogP contribution in [-0.2, 0) is 6.42 Å². The third-order valence-electron chi connectivity index (χ3n) is 1.46. The molecule has 0 spiro atoms. The summed E-state index contributed by atoms with van der Waals surface area (Å²) in [7, 11) is 0. The van der Waals surface area contributed by atoms with Gasteiger partial charge < -0.3 is 10.8 Å². The van der Waals surface area contributed by atoms with Crippen molar-refractivity contribution in [1.82, 2.24) is 4.98 Å². The van der Waals surface area contributed by atoms with Gasteiger partial charge in [-0.15, -0.1) is 24.8 Å². The highest BCUT2D eigenvalue weighted by molar-refractivity contribution is 5.85. The van der Waals surface area contributed by atoms with Crippen molar-refractivity contribution < 1.29 is 5.11 Å². The third kappa shape index (κ3) is 5.82. The molecule has 1 aromatic heterocycles. The molecule has 0 aliphatic rings. The maximum atomic E-state index is 8.65. The summed E-state index contributed by atoms with van der Waals surface area (Å²) >= 11 is 0. The fourth-order valence-electron chi connectivity index (χ4n) is 0.886. The molecule has 13 heavy (non-hydrogen) atoms. The number of hydrogen-bond donors (Lipinski definition) is 2. The first-order valence-corrected chi connectivity index (χ1v) is 3.58. The van der Waals surface area contributed by atoms with E-state index in [4.69, 9.17) is 10.8 Å². The molecule has 0 saturated carbocycles. The molecule has 1 aromatic rings. The van der Waals surface area contributed by atoms with Gasteiger partial charge in [-0.1, -0.05) is 6.07 Å². The SMILES string of the molecule is Cl.Cl.N[C@H](CO)Cc1cccnc1. The summed E-state index contributed by atoms with van der Waals surface area (Å²) in [5, 5.41) is 8.65. The summed E-state index contributed by atoms with van der Waals surface area (Å²) in [6, 6.07) is 3.64. The van der Waals surface area contributed by atoms with Gasteiger partial charge in [-0.25, -0.2) is 0 Å². The number of halogens is 2. The van der Waals surface area contributed by atoms with Gasteiger partial charge in [0, 0.05) is 18.4 Å². The van der Waals surface area contributed by atoms with E-state index in [-0.39, 0.29) is 37.5 Å². The smallest absolute Gasteiger partial charge is 0.0585 e. The normalized spacial score (nSPS) is 10.9. The van der Waals surface area contributed by atoms with E-state index in [1.54, 1.807) is 12.4 Å². The fourth-order valence-corrected chi connectivity index (χ4v) is 0.886. The van der Waals surface area contributed by atoms with Crippen LogP contribution in [0.3, 0.4) is 0 Å². The van der Waals surface area contributed by atoms with E-state index in [9.17, 15) is 0 Å². The van der Waals surface area contributed by atoms with Crippen LogP contribution in [0.25, 0.3) is 0 Å². The molecule has 0 fully saturated rings. The molecule has 5 heteroatoms. The molecule has 3 N–H and O–H groups in total. The van der Waals surface area contributed by atoms with Crippen molar-refractivity contribution in [3.8, 4) is 0 Å². The lowest BCUT2D eigenvalue weighted by molar-refractivity contribution is 0.265. The molecule has 1 rings (SSSR count). The van der Waals surface area contributed by atoms with Gasteiger partial charge in [0.15, 0.2) is 0 Å². The van der Waals surface area contributed by atoms with Crippen LogP contribution in [0.2, 0.25) is 0 Å². The number of pyridine rings is 1. The summed E-state index contributed by atoms with van der Waals surface area (Å²) in [5.41, 5.74) is 6.59. The van der Waals surface area contributed by atoms with Crippen molar-refractivity contribution in [3.05, 3.63) is 30.1 Å². The van der Waals surface area contributed by atoms with Crippen molar-refractivity contribution in [2.24, 2.45) is 5.73 Å². The number of aromatic nitrogens is 1. The topological polar surface area (TPSA) is 59.1 Å². The van der Waals surface area contributed by atoms with Gasteiger partial charge in [0.25, 0.3) is 0 Å². The minimum absolute atomic E-state index is 0. The molecule has 0 amide bonds. The van der Waals surface area contributed by atoms with E-state index in [2.05, 4.69) is 4.98 Å². The third-order valence-corrected chi connectivity index (χ3v) is 1.46. The monoisotopic (exact) mass is 224 g/mol. The molecule has 1 heterocycles. The quantitative estimate of drug-likeness (QED) is 0.799. The van der Waals surface area contributed by atoms with Crippen molar-refractivity contribution in [1.29, 1.82) is 0 Å². The molecular formula is C8H14Cl2N2O. The van der Waals surface area contributed by atoms with Crippen LogP contribution in [0.1, 0.15) is 5.56 Å². The lowest BCUT2D eigenvalue weighted by Crippen LogP contribution is -2.26. The van der Waals surface area contributed by atoms with Gasteiger partial charge >= 0.3 is 0 Å². The van der Waals surface area contributed by atoms with Gasteiger partial charge in [0.1, 0.15) is 0 Å². The predicted octanol–water partition coefficient (Wildman–Crippen LogP) is 0.787. The Kier molecular flexibility index (Phi) is 9.61. The van der Waals surface area contributed by atoms with Crippen LogP contribution in [0.15, 0.2) is 24.5 Å². The van der Waals surface area contributed by atoms with Crippen LogP contribution in [0.4, 0.5) is 0 Å². The van der Waals surface area contributed by atoms with Crippen molar-refractivity contribution >= 4 is 24.8 Å². The highest BCUT2D eigenvalue weighted by atomic mass is 35.5. The standard InChI is InChI=1S/C8H12N2O.2ClH/c9-8(6-11)4-7-2-1-3-10-5-7;;/h1-3,5,8,11H,4,6,9H2;2*1H/t8-;;/m0../s1. The van der Waals surface area contributed by atoms with E-state index in [0.29, 0.717) is 6.42 Å². The first-order chi connectivity index (χ1) is 5.33. The van der Waals surface area contributed by atoms with E-state index in [0.717, 1.165) is 5.56 Å². The molecule has 0 aliphatic heterocycles. The van der Waals surface area contributed by atoms with Crippen LogP contribution in [0, 0.1) is 0 Å². The summed E-state index contributed by atoms with van der Waals surface area (Å²) < 4.78 is 0. The van der Waals surface area contributed by atoms with Crippen LogP contribution >= 0.6 is 24.8 Å². The summed E-state index contributed by atoms with van der Waals surface area (Å²) in [6.45, 7) is 0.0227. The van der Waals surface area contributed by atoms with Crippen molar-refractivity contribution in [2.75, 3.05) is 6.61 Å². The Morgan fingerprint density at radius 1 is 1.46 bits per heavy atom. The van der Waals surface area contributed by atoms with Crippen LogP contribution < -0.4 is 5.73 Å². The number of nitrogens with two attached hydrogens (primary N) is 1. The molecule has 0 saturated heterocycles. The summed E-state index contributed by atoms with van der Waals surface area (Å²) in [4.78, 5) is 3.93. The molecule has 1 atom stereocenters. The number of rotatable bonds is 3. The van der Waals surface area contributed by atoms with E-state index in [1.807, 2.05) is 12.1 Å². The average molecular weight is 225 g/mol. The van der Waals surface area contributed by atoms with Crippen LogP contribution in [0.5, 0.6) is 0 Å². The Morgan fingerprint density at radius 3 is 2.62 bits per heavy atom. The average Bonchev–Trinajstić information content (AvgIpc) is 2.06. The van der Waals surface area contributed by atoms with Gasteiger partial charge in [-0.05, 0) is 18.1 Å². The second-order valence-corrected chi connectivity index (χ2v) is 2.51. The highest BCUT2D eigenvalue weighted by Crippen LogP contribution is 1.98. The fraction of sp³-hybridized carbons (Fsp3) is 0.375. The predicted molar refractivity (Wildman–Crippen MR) is 57.5 cm³/mol. The lowest BCUT2D eigenvalue weighted by atomic mass is 10.1. The molecule has 0 aliphatic carbocycles. The Labute approximate surface area is 90.2 Å². The lowest BCUT2D eigenvalue weighted by Gasteiger charge is -2.06. The van der Waals surface area contributed by atoms with E-state index < -0.39 is 0 Å². The summed E-state index contributed by atoms with van der Waals surface area (Å²) in [6.07, 6.45) is 4.16. The van der Waals surface area contributed by atoms with Gasteiger partial charge in [-0.3, -0.25) is 4.98 Å². The molecule has 0 bridgehead atoms. The Balaban J connectivity index is 0. The molecule has 0 unspecified atom stereocenters. The second kappa shape index (κ2) is 8.26. The first kappa shape index (κ1) is 15.1. The van der Waals surface area contributed by atoms with Gasteiger partial charge in [0.2, 0.25) is 0 Å². The van der Waals surface area contributed by atoms with Gasteiger partial charge in [0.05, 0.1) is 6.61 Å². The Bertz CT molecular complexity index is 209. The zero-order chi connectivity index (χ0) is 8.10. The Hall–Kier alpha value is -0.350. The molecular weight excluding hydrogens is 211 g/mol. The van der Waals surface area contributed by atoms with E-state index >= 15 is 0 Å². The zero-order valence-electron chi connectivity index (χ0n) is 7.09. The van der Waals surface area contributed by atoms with Crippen LogP contribution in [-0.4, -0.2) is 22.7 Å². The molecule has 0 radical (unpaired) electrons. The zero-order valence-corrected chi connectivity index (χ0v) is 8.72. The van der Waals surface area contributed by atoms with E-state index in [1.165, 1.54) is 0 Å². The first-order valence-electron chi connectivity index (χ1n) is 3.58. The number of nitrogens with zero attached hydrogens (tertiary/aromatic N) is 1. The number of aliphatic hydroxyl groups is 1. The minimum atomic E-state index is -0.167. The molecule has 3 nitrogen and oxygen atoms in total. The number of aliphatic hydroxyl groups excluding tert-OH is 1. The van der Waals surface area contributed by atoms with Crippen molar-refractivity contribution in [3.63, 3.8) is 0 Å². The molecule has 76 valence electrons. The second-order valence-electron chi connectivity index (χ2n) is 2.51. The largest absolute Gasteiger partial charge is 0.395 e. The van der Waals surface area contributed by atoms with Crippen molar-refractivity contribution in [2.45, 2.75) is 12.5 Å². The van der Waals surface area contributed by atoms with Gasteiger partial charge in [-0.2, -0.15) is 0 Å². The maximum absolute atomic E-state index is 8.65. The minimum Gasteiger partial charge on any atom is -0.395 e. The number of hydrogen-bond acceptors (Lipinski definition) is 3. The molecule has 0 aromatic carbocycles. The summed E-state index contributed by atoms with van der Waals surface area (Å²) in [5.74, 6) is 0. The Morgan fingerprint density at radius 2 is 2.15 bits per heavy atom.